The molecule has 0 bridgehead atoms. The van der Waals surface area contributed by atoms with Crippen LogP contribution >= 0.6 is 11.3 Å². The fraction of sp³-hybridized carbons (Fsp3) is 0.500. The minimum Gasteiger partial charge on any atom is -0.334 e. The van der Waals surface area contributed by atoms with Crippen molar-refractivity contribution in [2.24, 2.45) is 0 Å². The number of carbonyl (C=O) groups excluding carboxylic acids is 1. The highest BCUT2D eigenvalue weighted by atomic mass is 32.1. The molecule has 3 rings (SSSR count). The van der Waals surface area contributed by atoms with Gasteiger partial charge in [-0.15, -0.1) is 17.9 Å². The van der Waals surface area contributed by atoms with Crippen molar-refractivity contribution in [3.05, 3.63) is 35.0 Å². The first-order valence-electron chi connectivity index (χ1n) is 6.46. The number of amides is 1. The van der Waals surface area contributed by atoms with E-state index in [4.69, 9.17) is 0 Å². The summed E-state index contributed by atoms with van der Waals surface area (Å²) in [6, 6.07) is 5.10. The number of hydrogen-bond acceptors (Lipinski definition) is 3. The quantitative estimate of drug-likeness (QED) is 0.776. The van der Waals surface area contributed by atoms with Crippen LogP contribution in [0.4, 0.5) is 0 Å². The van der Waals surface area contributed by atoms with Crippen LogP contribution in [-0.4, -0.2) is 40.9 Å². The largest absolute Gasteiger partial charge is 0.334 e. The molecule has 0 unspecified atom stereocenters. The van der Waals surface area contributed by atoms with Crippen molar-refractivity contribution in [1.29, 1.82) is 0 Å². The summed E-state index contributed by atoms with van der Waals surface area (Å²) in [7, 11) is 0. The van der Waals surface area contributed by atoms with Crippen LogP contribution in [-0.2, 0) is 11.3 Å². The number of nitrogens with zero attached hydrogens (tertiary/aromatic N) is 2. The van der Waals surface area contributed by atoms with Crippen LogP contribution in [0.1, 0.15) is 17.7 Å². The molecular weight excluding hydrogens is 244 g/mol. The average Bonchev–Trinajstić information content (AvgIpc) is 3.03. The van der Waals surface area contributed by atoms with E-state index in [2.05, 4.69) is 29.0 Å². The first-order chi connectivity index (χ1) is 8.79. The number of rotatable bonds is 4. The molecule has 4 heteroatoms. The van der Waals surface area contributed by atoms with Gasteiger partial charge >= 0.3 is 0 Å². The second-order valence-electron chi connectivity index (χ2n) is 5.01. The van der Waals surface area contributed by atoms with Crippen molar-refractivity contribution in [2.75, 3.05) is 13.1 Å². The molecule has 96 valence electrons. The van der Waals surface area contributed by atoms with E-state index in [-0.39, 0.29) is 0 Å². The van der Waals surface area contributed by atoms with Gasteiger partial charge in [-0.25, -0.2) is 0 Å². The monoisotopic (exact) mass is 262 g/mol. The number of thiophene rings is 1. The van der Waals surface area contributed by atoms with Crippen LogP contribution in [0.15, 0.2) is 30.2 Å². The average molecular weight is 262 g/mol. The van der Waals surface area contributed by atoms with E-state index >= 15 is 0 Å². The minimum atomic E-state index is 0.292. The van der Waals surface area contributed by atoms with Crippen LogP contribution in [0.2, 0.25) is 0 Å². The van der Waals surface area contributed by atoms with Crippen molar-refractivity contribution < 1.29 is 4.79 Å². The Labute approximate surface area is 112 Å². The molecule has 0 spiro atoms. The molecule has 1 amide bonds. The number of likely N-dealkylation sites (tertiary alicyclic amines) is 2. The van der Waals surface area contributed by atoms with Crippen LogP contribution in [0.5, 0.6) is 0 Å². The predicted octanol–water partition coefficient (Wildman–Crippen LogP) is 2.11. The molecule has 3 heterocycles. The van der Waals surface area contributed by atoms with Crippen LogP contribution in [0.3, 0.4) is 0 Å². The van der Waals surface area contributed by atoms with Crippen molar-refractivity contribution >= 4 is 17.2 Å². The van der Waals surface area contributed by atoms with Crippen LogP contribution in [0, 0.1) is 0 Å². The van der Waals surface area contributed by atoms with Crippen molar-refractivity contribution in [1.82, 2.24) is 9.80 Å². The molecule has 0 saturated carbocycles. The van der Waals surface area contributed by atoms with E-state index in [1.807, 2.05) is 11.0 Å². The third-order valence-electron chi connectivity index (χ3n) is 3.99. The lowest BCUT2D eigenvalue weighted by molar-refractivity contribution is -0.128. The molecular formula is C14H18N2OS. The summed E-state index contributed by atoms with van der Waals surface area (Å²) in [5.74, 6) is 0.292. The Morgan fingerprint density at radius 3 is 3.11 bits per heavy atom. The van der Waals surface area contributed by atoms with Crippen LogP contribution in [0.25, 0.3) is 0 Å². The van der Waals surface area contributed by atoms with Gasteiger partial charge in [-0.3, -0.25) is 9.69 Å². The maximum atomic E-state index is 12.0. The molecule has 0 aliphatic carbocycles. The SMILES string of the molecule is C=CCN1C(=O)C[C@@H]2[C@@H]1CCN2Cc1cccs1. The summed E-state index contributed by atoms with van der Waals surface area (Å²) >= 11 is 1.80. The lowest BCUT2D eigenvalue weighted by Crippen LogP contribution is -2.37. The van der Waals surface area contributed by atoms with Gasteiger partial charge in [0.25, 0.3) is 0 Å². The molecule has 1 aromatic rings. The van der Waals surface area contributed by atoms with Crippen molar-refractivity contribution in [2.45, 2.75) is 31.5 Å². The summed E-state index contributed by atoms with van der Waals surface area (Å²) in [5.41, 5.74) is 0. The lowest BCUT2D eigenvalue weighted by Gasteiger charge is -2.24. The number of fused-ring (bicyclic) bond motifs is 1. The summed E-state index contributed by atoms with van der Waals surface area (Å²) in [6.07, 6.45) is 3.63. The van der Waals surface area contributed by atoms with Gasteiger partial charge in [0.15, 0.2) is 0 Å². The van der Waals surface area contributed by atoms with Gasteiger partial charge in [0, 0.05) is 43.0 Å². The Morgan fingerprint density at radius 1 is 1.50 bits per heavy atom. The van der Waals surface area contributed by atoms with Crippen LogP contribution < -0.4 is 0 Å². The molecule has 0 radical (unpaired) electrons. The standard InChI is InChI=1S/C14H18N2OS/c1-2-6-16-12-5-7-15(13(12)9-14(16)17)10-11-4-3-8-18-11/h2-4,8,12-13H,1,5-7,9-10H2/t12-,13+/m0/s1. The second kappa shape index (κ2) is 4.86. The zero-order chi connectivity index (χ0) is 12.5. The Hall–Kier alpha value is -1.13. The topological polar surface area (TPSA) is 23.6 Å². The molecule has 0 aromatic carbocycles. The fourth-order valence-corrected chi connectivity index (χ4v) is 3.91. The smallest absolute Gasteiger partial charge is 0.224 e. The van der Waals surface area contributed by atoms with Gasteiger partial charge in [-0.2, -0.15) is 0 Å². The number of carbonyl (C=O) groups is 1. The highest BCUT2D eigenvalue weighted by Crippen LogP contribution is 2.33. The third kappa shape index (κ3) is 1.99. The van der Waals surface area contributed by atoms with Gasteiger partial charge < -0.3 is 4.90 Å². The Bertz CT molecular complexity index is 443. The van der Waals surface area contributed by atoms with Gasteiger partial charge in [0.2, 0.25) is 5.91 Å². The van der Waals surface area contributed by atoms with E-state index in [9.17, 15) is 4.79 Å². The lowest BCUT2D eigenvalue weighted by atomic mass is 10.1. The molecule has 0 N–H and O–H groups in total. The van der Waals surface area contributed by atoms with E-state index < -0.39 is 0 Å². The zero-order valence-corrected chi connectivity index (χ0v) is 11.2. The molecule has 2 atom stereocenters. The van der Waals surface area contributed by atoms with Gasteiger partial charge in [0.1, 0.15) is 0 Å². The summed E-state index contributed by atoms with van der Waals surface area (Å²) in [4.78, 5) is 17.8. The van der Waals surface area contributed by atoms with E-state index in [1.54, 1.807) is 11.3 Å². The maximum Gasteiger partial charge on any atom is 0.224 e. The zero-order valence-electron chi connectivity index (χ0n) is 10.4. The highest BCUT2D eigenvalue weighted by molar-refractivity contribution is 7.09. The van der Waals surface area contributed by atoms with Gasteiger partial charge in [0.05, 0.1) is 0 Å². The molecule has 2 aliphatic heterocycles. The third-order valence-corrected chi connectivity index (χ3v) is 4.86. The first-order valence-corrected chi connectivity index (χ1v) is 7.34. The van der Waals surface area contributed by atoms with E-state index in [0.29, 0.717) is 31.0 Å². The molecule has 2 fully saturated rings. The molecule has 1 aromatic heterocycles. The van der Waals surface area contributed by atoms with Gasteiger partial charge in [-0.05, 0) is 17.9 Å². The van der Waals surface area contributed by atoms with E-state index in [1.165, 1.54) is 4.88 Å². The molecule has 2 aliphatic rings. The molecule has 3 nitrogen and oxygen atoms in total. The molecule has 18 heavy (non-hydrogen) atoms. The molecule has 2 saturated heterocycles. The Morgan fingerprint density at radius 2 is 2.39 bits per heavy atom. The normalized spacial score (nSPS) is 27.8. The summed E-state index contributed by atoms with van der Waals surface area (Å²) in [6.45, 7) is 6.55. The highest BCUT2D eigenvalue weighted by Gasteiger charge is 2.45. The van der Waals surface area contributed by atoms with Gasteiger partial charge in [-0.1, -0.05) is 12.1 Å². The maximum absolute atomic E-state index is 12.0. The second-order valence-corrected chi connectivity index (χ2v) is 6.04. The Balaban J connectivity index is 1.70. The Kier molecular flexibility index (Phi) is 3.22. The number of hydrogen-bond donors (Lipinski definition) is 0. The van der Waals surface area contributed by atoms with E-state index in [0.717, 1.165) is 19.5 Å². The fourth-order valence-electron chi connectivity index (χ4n) is 3.18. The summed E-state index contributed by atoms with van der Waals surface area (Å²) in [5, 5.41) is 2.12. The first kappa shape index (κ1) is 11.9. The van der Waals surface area contributed by atoms with Crippen molar-refractivity contribution in [3.8, 4) is 0 Å². The van der Waals surface area contributed by atoms with Crippen molar-refractivity contribution in [3.63, 3.8) is 0 Å². The summed E-state index contributed by atoms with van der Waals surface area (Å²) < 4.78 is 0. The minimum absolute atomic E-state index is 0.292. The predicted molar refractivity (Wildman–Crippen MR) is 73.4 cm³/mol.